The number of nitrogens with zero attached hydrogens (tertiary/aromatic N) is 1. The van der Waals surface area contributed by atoms with Gasteiger partial charge in [-0.1, -0.05) is 34.1 Å². The molecule has 0 aliphatic heterocycles. The van der Waals surface area contributed by atoms with Crippen molar-refractivity contribution < 1.29 is 13.2 Å². The fourth-order valence-electron chi connectivity index (χ4n) is 3.62. The topological polar surface area (TPSA) is 29.3 Å². The maximum Gasteiger partial charge on any atom is 0.401 e. The molecular weight excluding hydrogens is 277 g/mol. The molecule has 0 aromatic rings. The molecule has 1 rings (SSSR count). The Bertz CT molecular complexity index is 315. The van der Waals surface area contributed by atoms with Crippen LogP contribution in [-0.4, -0.2) is 36.8 Å². The van der Waals surface area contributed by atoms with Gasteiger partial charge < -0.3 is 5.73 Å². The first-order chi connectivity index (χ1) is 9.64. The molecule has 0 aromatic heterocycles. The van der Waals surface area contributed by atoms with Crippen LogP contribution in [0.2, 0.25) is 0 Å². The summed E-state index contributed by atoms with van der Waals surface area (Å²) in [4.78, 5) is 1.59. The molecule has 5 heteroatoms. The predicted molar refractivity (Wildman–Crippen MR) is 81.0 cm³/mol. The molecule has 1 saturated carbocycles. The summed E-state index contributed by atoms with van der Waals surface area (Å²) < 4.78 is 38.4. The average molecular weight is 308 g/mol. The zero-order valence-corrected chi connectivity index (χ0v) is 13.8. The Morgan fingerprint density at radius 1 is 1.14 bits per heavy atom. The number of hydrogen-bond donors (Lipinski definition) is 1. The fraction of sp³-hybridized carbons (Fsp3) is 1.00. The quantitative estimate of drug-likeness (QED) is 0.802. The van der Waals surface area contributed by atoms with Crippen molar-refractivity contribution in [3.05, 3.63) is 0 Å². The lowest BCUT2D eigenvalue weighted by Gasteiger charge is -2.46. The van der Waals surface area contributed by atoms with Crippen LogP contribution in [0.1, 0.15) is 53.4 Å². The number of alkyl halides is 3. The van der Waals surface area contributed by atoms with E-state index in [2.05, 4.69) is 20.8 Å². The first-order valence-corrected chi connectivity index (χ1v) is 8.15. The van der Waals surface area contributed by atoms with Gasteiger partial charge in [-0.2, -0.15) is 13.2 Å². The van der Waals surface area contributed by atoms with Gasteiger partial charge in [0.25, 0.3) is 0 Å². The molecule has 0 spiro atoms. The summed E-state index contributed by atoms with van der Waals surface area (Å²) in [7, 11) is 0. The largest absolute Gasteiger partial charge is 0.401 e. The third kappa shape index (κ3) is 5.13. The Kier molecular flexibility index (Phi) is 6.54. The van der Waals surface area contributed by atoms with Crippen molar-refractivity contribution in [1.82, 2.24) is 4.90 Å². The molecule has 1 aliphatic rings. The highest BCUT2D eigenvalue weighted by Gasteiger charge is 2.41. The minimum absolute atomic E-state index is 0.0359. The van der Waals surface area contributed by atoms with Crippen molar-refractivity contribution in [2.75, 3.05) is 19.6 Å². The van der Waals surface area contributed by atoms with Gasteiger partial charge in [-0.3, -0.25) is 4.90 Å². The molecule has 1 fully saturated rings. The van der Waals surface area contributed by atoms with Crippen LogP contribution < -0.4 is 5.73 Å². The highest BCUT2D eigenvalue weighted by Crippen LogP contribution is 2.43. The summed E-state index contributed by atoms with van der Waals surface area (Å²) in [5.41, 5.74) is 6.02. The van der Waals surface area contributed by atoms with Crippen molar-refractivity contribution in [1.29, 1.82) is 0 Å². The second kappa shape index (κ2) is 7.32. The minimum Gasteiger partial charge on any atom is -0.330 e. The summed E-state index contributed by atoms with van der Waals surface area (Å²) in [5, 5.41) is 0. The number of nitrogens with two attached hydrogens (primary N) is 1. The minimum atomic E-state index is -4.14. The number of hydrogen-bond acceptors (Lipinski definition) is 2. The molecule has 0 saturated heterocycles. The van der Waals surface area contributed by atoms with Gasteiger partial charge in [-0.25, -0.2) is 0 Å². The van der Waals surface area contributed by atoms with Crippen LogP contribution in [0, 0.1) is 17.3 Å². The highest BCUT2D eigenvalue weighted by atomic mass is 19.4. The zero-order chi connectivity index (χ0) is 16.3. The maximum absolute atomic E-state index is 12.8. The Hall–Kier alpha value is -0.290. The second-order valence-electron chi connectivity index (χ2n) is 7.09. The monoisotopic (exact) mass is 308 g/mol. The molecule has 0 heterocycles. The van der Waals surface area contributed by atoms with E-state index in [1.807, 2.05) is 6.92 Å². The maximum atomic E-state index is 12.8. The van der Waals surface area contributed by atoms with E-state index in [1.54, 1.807) is 4.90 Å². The van der Waals surface area contributed by atoms with E-state index in [-0.39, 0.29) is 17.4 Å². The molecule has 3 atom stereocenters. The van der Waals surface area contributed by atoms with Gasteiger partial charge in [0.05, 0.1) is 6.54 Å². The standard InChI is InChI=1S/C16H31F3N2/c1-5-15(3,4)13-8-7-12(10-20)14(9-13)21(6-2)11-16(17,18)19/h12-14H,5-11,20H2,1-4H3. The summed E-state index contributed by atoms with van der Waals surface area (Å²) in [6, 6.07) is -0.0359. The third-order valence-corrected chi connectivity index (χ3v) is 5.53. The molecule has 21 heavy (non-hydrogen) atoms. The van der Waals surface area contributed by atoms with Crippen molar-refractivity contribution in [2.24, 2.45) is 23.0 Å². The van der Waals surface area contributed by atoms with E-state index in [9.17, 15) is 13.2 Å². The lowest BCUT2D eigenvalue weighted by atomic mass is 9.65. The van der Waals surface area contributed by atoms with Crippen molar-refractivity contribution in [2.45, 2.75) is 65.6 Å². The number of rotatable bonds is 6. The van der Waals surface area contributed by atoms with E-state index in [0.29, 0.717) is 19.0 Å². The van der Waals surface area contributed by atoms with Gasteiger partial charge >= 0.3 is 6.18 Å². The van der Waals surface area contributed by atoms with Crippen LogP contribution in [0.3, 0.4) is 0 Å². The SMILES string of the molecule is CCN(CC(F)(F)F)C1CC(C(C)(C)CC)CCC1CN. The molecule has 0 aromatic carbocycles. The van der Waals surface area contributed by atoms with Crippen LogP contribution >= 0.6 is 0 Å². The molecule has 0 bridgehead atoms. The Balaban J connectivity index is 2.87. The van der Waals surface area contributed by atoms with Crippen LogP contribution in [-0.2, 0) is 0 Å². The number of halogens is 3. The van der Waals surface area contributed by atoms with Crippen LogP contribution in [0.25, 0.3) is 0 Å². The van der Waals surface area contributed by atoms with Crippen LogP contribution in [0.4, 0.5) is 13.2 Å². The lowest BCUT2D eigenvalue weighted by Crippen LogP contribution is -2.51. The Labute approximate surface area is 127 Å². The van der Waals surface area contributed by atoms with Gasteiger partial charge in [-0.15, -0.1) is 0 Å². The van der Waals surface area contributed by atoms with Gasteiger partial charge in [0, 0.05) is 6.04 Å². The Morgan fingerprint density at radius 2 is 1.76 bits per heavy atom. The molecule has 0 amide bonds. The zero-order valence-electron chi connectivity index (χ0n) is 13.8. The molecule has 2 N–H and O–H groups in total. The lowest BCUT2D eigenvalue weighted by molar-refractivity contribution is -0.156. The molecule has 126 valence electrons. The fourth-order valence-corrected chi connectivity index (χ4v) is 3.62. The first kappa shape index (κ1) is 18.8. The van der Waals surface area contributed by atoms with E-state index >= 15 is 0 Å². The van der Waals surface area contributed by atoms with Gasteiger partial charge in [0.1, 0.15) is 0 Å². The third-order valence-electron chi connectivity index (χ3n) is 5.53. The predicted octanol–water partition coefficient (Wildman–Crippen LogP) is 4.05. The smallest absolute Gasteiger partial charge is 0.330 e. The Morgan fingerprint density at radius 3 is 2.19 bits per heavy atom. The summed E-state index contributed by atoms with van der Waals surface area (Å²) in [5.74, 6) is 0.675. The van der Waals surface area contributed by atoms with Crippen LogP contribution in [0.5, 0.6) is 0 Å². The van der Waals surface area contributed by atoms with E-state index < -0.39 is 12.7 Å². The second-order valence-corrected chi connectivity index (χ2v) is 7.09. The van der Waals surface area contributed by atoms with E-state index in [0.717, 1.165) is 25.7 Å². The first-order valence-electron chi connectivity index (χ1n) is 8.15. The normalized spacial score (nSPS) is 28.1. The molecular formula is C16H31F3N2. The summed E-state index contributed by atoms with van der Waals surface area (Å²) >= 11 is 0. The summed E-state index contributed by atoms with van der Waals surface area (Å²) in [6.45, 7) is 8.54. The molecule has 0 radical (unpaired) electrons. The van der Waals surface area contributed by atoms with Crippen molar-refractivity contribution >= 4 is 0 Å². The van der Waals surface area contributed by atoms with Gasteiger partial charge in [-0.05, 0) is 49.6 Å². The van der Waals surface area contributed by atoms with Gasteiger partial charge in [0.15, 0.2) is 0 Å². The van der Waals surface area contributed by atoms with Crippen molar-refractivity contribution in [3.8, 4) is 0 Å². The molecule has 1 aliphatic carbocycles. The van der Waals surface area contributed by atoms with E-state index in [1.165, 1.54) is 0 Å². The van der Waals surface area contributed by atoms with Crippen molar-refractivity contribution in [3.63, 3.8) is 0 Å². The van der Waals surface area contributed by atoms with Crippen LogP contribution in [0.15, 0.2) is 0 Å². The van der Waals surface area contributed by atoms with Gasteiger partial charge in [0.2, 0.25) is 0 Å². The average Bonchev–Trinajstić information content (AvgIpc) is 2.43. The molecule has 2 nitrogen and oxygen atoms in total. The summed E-state index contributed by atoms with van der Waals surface area (Å²) in [6.07, 6.45) is -0.204. The molecule has 3 unspecified atom stereocenters. The van der Waals surface area contributed by atoms with E-state index in [4.69, 9.17) is 5.73 Å². The highest BCUT2D eigenvalue weighted by molar-refractivity contribution is 4.92.